The van der Waals surface area contributed by atoms with Gasteiger partial charge in [0.15, 0.2) is 0 Å². The van der Waals surface area contributed by atoms with Crippen molar-refractivity contribution in [1.82, 2.24) is 5.32 Å². The Labute approximate surface area is 134 Å². The summed E-state index contributed by atoms with van der Waals surface area (Å²) in [7, 11) is 0. The van der Waals surface area contributed by atoms with Crippen molar-refractivity contribution in [2.45, 2.75) is 36.6 Å². The molecular weight excluding hydrogens is 330 g/mol. The molecule has 20 heavy (non-hydrogen) atoms. The maximum atomic E-state index is 3.58. The quantitative estimate of drug-likeness (QED) is 0.756. The first kappa shape index (κ1) is 15.6. The number of nitrogens with one attached hydrogen (secondary N) is 1. The molecule has 1 N–H and O–H groups in total. The minimum atomic E-state index is 0.361. The summed E-state index contributed by atoms with van der Waals surface area (Å²) < 4.78 is 1.13. The first-order valence-electron chi connectivity index (χ1n) is 6.87. The van der Waals surface area contributed by atoms with Gasteiger partial charge in [0.2, 0.25) is 0 Å². The molecule has 0 spiro atoms. The lowest BCUT2D eigenvalue weighted by Crippen LogP contribution is -2.18. The van der Waals surface area contributed by atoms with Crippen LogP contribution < -0.4 is 5.32 Å². The molecule has 106 valence electrons. The van der Waals surface area contributed by atoms with Crippen LogP contribution in [0.25, 0.3) is 0 Å². The molecule has 0 saturated heterocycles. The van der Waals surface area contributed by atoms with Crippen LogP contribution in [0.4, 0.5) is 0 Å². The number of hydrogen-bond acceptors (Lipinski definition) is 2. The highest BCUT2D eigenvalue weighted by atomic mass is 79.9. The third kappa shape index (κ3) is 4.11. The van der Waals surface area contributed by atoms with Crippen molar-refractivity contribution in [1.29, 1.82) is 0 Å². The lowest BCUT2D eigenvalue weighted by molar-refractivity contribution is 0.589. The Morgan fingerprint density at radius 1 is 1.20 bits per heavy atom. The van der Waals surface area contributed by atoms with E-state index in [1.807, 2.05) is 11.8 Å². The maximum absolute atomic E-state index is 3.58. The number of hydrogen-bond donors (Lipinski definition) is 1. The van der Waals surface area contributed by atoms with E-state index in [-0.39, 0.29) is 0 Å². The molecule has 1 unspecified atom stereocenters. The summed E-state index contributed by atoms with van der Waals surface area (Å²) in [5.74, 6) is 0. The lowest BCUT2D eigenvalue weighted by atomic mass is 10.1. The zero-order valence-corrected chi connectivity index (χ0v) is 14.5. The SMILES string of the molecule is CCNC(C)c1ccc(Br)cc1Sc1cccc(C)c1. The second-order valence-corrected chi connectivity index (χ2v) is 6.91. The Balaban J connectivity index is 2.32. The van der Waals surface area contributed by atoms with Crippen LogP contribution in [-0.4, -0.2) is 6.54 Å². The predicted molar refractivity (Wildman–Crippen MR) is 91.5 cm³/mol. The first-order valence-corrected chi connectivity index (χ1v) is 8.48. The van der Waals surface area contributed by atoms with E-state index in [9.17, 15) is 0 Å². The summed E-state index contributed by atoms with van der Waals surface area (Å²) in [6.07, 6.45) is 0. The Morgan fingerprint density at radius 2 is 2.00 bits per heavy atom. The average molecular weight is 350 g/mol. The van der Waals surface area contributed by atoms with Crippen LogP contribution in [0.3, 0.4) is 0 Å². The molecule has 0 aliphatic heterocycles. The predicted octanol–water partition coefficient (Wildman–Crippen LogP) is 5.58. The normalized spacial score (nSPS) is 12.4. The van der Waals surface area contributed by atoms with Gasteiger partial charge in [-0.2, -0.15) is 0 Å². The third-order valence-corrected chi connectivity index (χ3v) is 4.73. The highest BCUT2D eigenvalue weighted by Crippen LogP contribution is 2.35. The Bertz CT molecular complexity index is 583. The van der Waals surface area contributed by atoms with Crippen LogP contribution >= 0.6 is 27.7 Å². The lowest BCUT2D eigenvalue weighted by Gasteiger charge is -2.17. The van der Waals surface area contributed by atoms with Crippen molar-refractivity contribution in [3.8, 4) is 0 Å². The standard InChI is InChI=1S/C17H20BrNS/c1-4-19-13(3)16-9-8-14(18)11-17(16)20-15-7-5-6-12(2)10-15/h5-11,13,19H,4H2,1-3H3. The molecule has 0 heterocycles. The fourth-order valence-corrected chi connectivity index (χ4v) is 3.88. The van der Waals surface area contributed by atoms with Crippen LogP contribution in [-0.2, 0) is 0 Å². The van der Waals surface area contributed by atoms with E-state index in [0.717, 1.165) is 11.0 Å². The molecule has 1 atom stereocenters. The molecule has 3 heteroatoms. The van der Waals surface area contributed by atoms with Gasteiger partial charge in [-0.1, -0.05) is 58.4 Å². The smallest absolute Gasteiger partial charge is 0.0302 e. The maximum Gasteiger partial charge on any atom is 0.0302 e. The summed E-state index contributed by atoms with van der Waals surface area (Å²) >= 11 is 5.41. The highest BCUT2D eigenvalue weighted by molar-refractivity contribution is 9.10. The third-order valence-electron chi connectivity index (χ3n) is 3.17. The van der Waals surface area contributed by atoms with E-state index in [0.29, 0.717) is 6.04 Å². The molecule has 1 nitrogen and oxygen atoms in total. The fraction of sp³-hybridized carbons (Fsp3) is 0.294. The zero-order valence-electron chi connectivity index (χ0n) is 12.1. The number of aryl methyl sites for hydroxylation is 1. The van der Waals surface area contributed by atoms with Gasteiger partial charge in [0.1, 0.15) is 0 Å². The minimum absolute atomic E-state index is 0.361. The van der Waals surface area contributed by atoms with Crippen molar-refractivity contribution in [3.63, 3.8) is 0 Å². The average Bonchev–Trinajstić information content (AvgIpc) is 2.39. The molecule has 0 saturated carbocycles. The van der Waals surface area contributed by atoms with Gasteiger partial charge < -0.3 is 5.32 Å². The summed E-state index contributed by atoms with van der Waals surface area (Å²) in [4.78, 5) is 2.59. The molecule has 2 rings (SSSR count). The molecule has 0 fully saturated rings. The van der Waals surface area contributed by atoms with Crippen LogP contribution in [0.5, 0.6) is 0 Å². The van der Waals surface area contributed by atoms with Crippen LogP contribution in [0.1, 0.15) is 31.0 Å². The summed E-state index contributed by atoms with van der Waals surface area (Å²) in [5, 5.41) is 3.49. The molecule has 2 aromatic carbocycles. The van der Waals surface area contributed by atoms with E-state index in [1.54, 1.807) is 0 Å². The molecule has 2 aromatic rings. The van der Waals surface area contributed by atoms with Crippen molar-refractivity contribution in [2.75, 3.05) is 6.54 Å². The number of benzene rings is 2. The van der Waals surface area contributed by atoms with E-state index in [2.05, 4.69) is 84.5 Å². The second kappa shape index (κ2) is 7.30. The molecular formula is C17H20BrNS. The van der Waals surface area contributed by atoms with Gasteiger partial charge in [0.25, 0.3) is 0 Å². The van der Waals surface area contributed by atoms with Gasteiger partial charge in [-0.05, 0) is 50.2 Å². The van der Waals surface area contributed by atoms with Crippen LogP contribution in [0.15, 0.2) is 56.7 Å². The number of halogens is 1. The van der Waals surface area contributed by atoms with Crippen molar-refractivity contribution in [2.24, 2.45) is 0 Å². The van der Waals surface area contributed by atoms with Gasteiger partial charge in [0.05, 0.1) is 0 Å². The number of rotatable bonds is 5. The van der Waals surface area contributed by atoms with Gasteiger partial charge in [-0.15, -0.1) is 0 Å². The van der Waals surface area contributed by atoms with E-state index in [4.69, 9.17) is 0 Å². The Hall–Kier alpha value is -0.770. The van der Waals surface area contributed by atoms with Crippen molar-refractivity contribution >= 4 is 27.7 Å². The molecule has 0 radical (unpaired) electrons. The zero-order chi connectivity index (χ0) is 14.5. The van der Waals surface area contributed by atoms with Gasteiger partial charge >= 0.3 is 0 Å². The topological polar surface area (TPSA) is 12.0 Å². The van der Waals surface area contributed by atoms with Crippen molar-refractivity contribution in [3.05, 3.63) is 58.1 Å². The van der Waals surface area contributed by atoms with E-state index >= 15 is 0 Å². The van der Waals surface area contributed by atoms with E-state index < -0.39 is 0 Å². The first-order chi connectivity index (χ1) is 9.60. The molecule has 0 bridgehead atoms. The van der Waals surface area contributed by atoms with Gasteiger partial charge in [-0.25, -0.2) is 0 Å². The molecule has 0 amide bonds. The summed E-state index contributed by atoms with van der Waals surface area (Å²) in [6, 6.07) is 15.5. The fourth-order valence-electron chi connectivity index (χ4n) is 2.18. The van der Waals surface area contributed by atoms with Crippen molar-refractivity contribution < 1.29 is 0 Å². The van der Waals surface area contributed by atoms with Crippen LogP contribution in [0, 0.1) is 6.92 Å². The van der Waals surface area contributed by atoms with E-state index in [1.165, 1.54) is 20.9 Å². The monoisotopic (exact) mass is 349 g/mol. The molecule has 0 aliphatic carbocycles. The second-order valence-electron chi connectivity index (χ2n) is 4.88. The minimum Gasteiger partial charge on any atom is -0.310 e. The van der Waals surface area contributed by atoms with Crippen LogP contribution in [0.2, 0.25) is 0 Å². The Kier molecular flexibility index (Phi) is 5.70. The summed E-state index contributed by atoms with van der Waals surface area (Å²) in [6.45, 7) is 7.47. The largest absolute Gasteiger partial charge is 0.310 e. The molecule has 0 aliphatic rings. The molecule has 0 aromatic heterocycles. The van der Waals surface area contributed by atoms with Gasteiger partial charge in [0, 0.05) is 20.3 Å². The Morgan fingerprint density at radius 3 is 2.70 bits per heavy atom. The highest BCUT2D eigenvalue weighted by Gasteiger charge is 2.11. The summed E-state index contributed by atoms with van der Waals surface area (Å²) in [5.41, 5.74) is 2.65. The van der Waals surface area contributed by atoms with Gasteiger partial charge in [-0.3, -0.25) is 0 Å².